The lowest BCUT2D eigenvalue weighted by molar-refractivity contribution is 0.104. The molecule has 0 bridgehead atoms. The van der Waals surface area contributed by atoms with Gasteiger partial charge >= 0.3 is 0 Å². The van der Waals surface area contributed by atoms with Crippen LogP contribution in [-0.4, -0.2) is 119 Å². The fourth-order valence-electron chi connectivity index (χ4n) is 5.66. The summed E-state index contributed by atoms with van der Waals surface area (Å²) >= 11 is 1.69. The molecule has 280 valence electrons. The molecule has 50 heavy (non-hydrogen) atoms. The van der Waals surface area contributed by atoms with Crippen LogP contribution in [0.2, 0.25) is 0 Å². The van der Waals surface area contributed by atoms with Crippen molar-refractivity contribution < 1.29 is 23.0 Å². The molecule has 0 aromatic heterocycles. The van der Waals surface area contributed by atoms with Crippen LogP contribution in [0, 0.1) is 0 Å². The van der Waals surface area contributed by atoms with Crippen molar-refractivity contribution in [3.63, 3.8) is 0 Å². The van der Waals surface area contributed by atoms with E-state index < -0.39 is 16.1 Å². The van der Waals surface area contributed by atoms with E-state index in [1.54, 1.807) is 31.9 Å². The quantitative estimate of drug-likeness (QED) is 0.190. The number of hydrogen-bond donors (Lipinski definition) is 2. The van der Waals surface area contributed by atoms with Crippen LogP contribution in [0.15, 0.2) is 81.4 Å². The Balaban J connectivity index is 0.00000289. The zero-order valence-electron chi connectivity index (χ0n) is 29.2. The first-order chi connectivity index (χ1) is 22.6. The Bertz CT molecular complexity index is 1560. The first-order valence-corrected chi connectivity index (χ1v) is 18.7. The lowest BCUT2D eigenvalue weighted by Crippen LogP contribution is -2.47. The minimum absolute atomic E-state index is 0. The van der Waals surface area contributed by atoms with E-state index in [2.05, 4.69) is 38.2 Å². The lowest BCUT2D eigenvalue weighted by atomic mass is 10.2. The molecule has 0 spiro atoms. The number of para-hydroxylation sites is 1. The van der Waals surface area contributed by atoms with E-state index in [9.17, 15) is 13.5 Å². The molecule has 3 aromatic rings. The van der Waals surface area contributed by atoms with Crippen LogP contribution in [0.25, 0.3) is 0 Å². The van der Waals surface area contributed by atoms with Gasteiger partial charge in [-0.05, 0) is 67.6 Å². The highest BCUT2D eigenvalue weighted by atomic mass is 35.5. The van der Waals surface area contributed by atoms with Gasteiger partial charge in [-0.1, -0.05) is 37.7 Å². The van der Waals surface area contributed by atoms with Gasteiger partial charge in [0, 0.05) is 75.7 Å². The molecule has 1 atom stereocenters. The molecule has 10 nitrogen and oxygen atoms in total. The number of nitrogens with zero attached hydrogens (tertiary/aromatic N) is 4. The van der Waals surface area contributed by atoms with Crippen LogP contribution >= 0.6 is 49.0 Å². The average Bonchev–Trinajstić information content (AvgIpc) is 3.07. The van der Waals surface area contributed by atoms with E-state index >= 15 is 0 Å². The third-order valence-corrected chi connectivity index (χ3v) is 11.3. The molecule has 2 aliphatic heterocycles. The number of hydrogen-bond acceptors (Lipinski definition) is 10. The molecule has 5 rings (SSSR count). The summed E-state index contributed by atoms with van der Waals surface area (Å²) in [7, 11) is -0.385. The van der Waals surface area contributed by atoms with E-state index in [-0.39, 0.29) is 43.8 Å². The van der Waals surface area contributed by atoms with Gasteiger partial charge in [-0.2, -0.15) is 0 Å². The number of benzene rings is 3. The molecule has 1 fully saturated rings. The smallest absolute Gasteiger partial charge is 0.242 e. The Labute approximate surface area is 321 Å². The summed E-state index contributed by atoms with van der Waals surface area (Å²) < 4.78 is 38.8. The molecule has 15 heteroatoms. The predicted molar refractivity (Wildman–Crippen MR) is 211 cm³/mol. The van der Waals surface area contributed by atoms with Gasteiger partial charge in [-0.3, -0.25) is 4.90 Å². The van der Waals surface area contributed by atoms with Gasteiger partial charge in [0.05, 0.1) is 16.3 Å². The number of ether oxygens (including phenoxy) is 2. The first kappa shape index (κ1) is 44.2. The second kappa shape index (κ2) is 20.9. The molecule has 0 aliphatic carbocycles. The third kappa shape index (κ3) is 12.0. The molecule has 2 heterocycles. The standard InChI is InChI=1S/C35H49N5O5S2.3ClH/c1-27(2)36-25-28(41)26-45-30-12-10-29(11-13-30)44-23-22-39-20-18-38(19-21-39)16-7-17-40-32-8-5-6-9-34(32)46-35-15-14-31(24-33(35)40)47(42,43)37(3)4;;;/h5-6,8-15,24,27-28,36,41H,7,16-23,25-26H2,1-4H3;3*1H/t28-;;;/m0.../s1. The molecular weight excluding hydrogens is 741 g/mol. The number of aliphatic hydroxyl groups is 1. The Morgan fingerprint density at radius 3 is 2.06 bits per heavy atom. The van der Waals surface area contributed by atoms with Crippen LogP contribution in [0.1, 0.15) is 20.3 Å². The Morgan fingerprint density at radius 1 is 0.820 bits per heavy atom. The second-order valence-corrected chi connectivity index (χ2v) is 15.8. The minimum atomic E-state index is -3.53. The molecule has 0 unspecified atom stereocenters. The molecule has 1 saturated heterocycles. The van der Waals surface area contributed by atoms with Crippen LogP contribution < -0.4 is 19.7 Å². The number of nitrogens with one attached hydrogen (secondary N) is 1. The van der Waals surface area contributed by atoms with Gasteiger partial charge < -0.3 is 29.7 Å². The summed E-state index contributed by atoms with van der Waals surface area (Å²) in [5.41, 5.74) is 2.09. The molecule has 3 aromatic carbocycles. The number of rotatable bonds is 16. The molecular formula is C35H52Cl3N5O5S2. The zero-order valence-corrected chi connectivity index (χ0v) is 33.3. The fourth-order valence-corrected chi connectivity index (χ4v) is 7.66. The van der Waals surface area contributed by atoms with Crippen molar-refractivity contribution in [2.24, 2.45) is 0 Å². The number of anilines is 2. The van der Waals surface area contributed by atoms with Crippen molar-refractivity contribution in [1.82, 2.24) is 19.4 Å². The van der Waals surface area contributed by atoms with Gasteiger partial charge in [0.2, 0.25) is 10.0 Å². The van der Waals surface area contributed by atoms with Crippen LogP contribution in [0.4, 0.5) is 11.4 Å². The monoisotopic (exact) mass is 791 g/mol. The van der Waals surface area contributed by atoms with E-state index in [1.165, 1.54) is 9.20 Å². The normalized spacial score (nSPS) is 15.3. The van der Waals surface area contributed by atoms with E-state index in [0.717, 1.165) is 74.3 Å². The Morgan fingerprint density at radius 2 is 1.42 bits per heavy atom. The SMILES string of the molecule is CC(C)NC[C@H](O)COc1ccc(OCCN2CCN(CCCN3c4ccccc4Sc4ccc(S(=O)(=O)N(C)C)cc43)CC2)cc1.Cl.Cl.Cl. The molecule has 2 N–H and O–H groups in total. The van der Waals surface area contributed by atoms with Crippen molar-refractivity contribution >= 4 is 70.4 Å². The molecule has 0 saturated carbocycles. The average molecular weight is 793 g/mol. The predicted octanol–water partition coefficient (Wildman–Crippen LogP) is 5.63. The van der Waals surface area contributed by atoms with Gasteiger partial charge in [-0.25, -0.2) is 12.7 Å². The van der Waals surface area contributed by atoms with Crippen molar-refractivity contribution in [3.8, 4) is 11.5 Å². The summed E-state index contributed by atoms with van der Waals surface area (Å²) in [5, 5.41) is 13.2. The van der Waals surface area contributed by atoms with Crippen molar-refractivity contribution in [1.29, 1.82) is 0 Å². The third-order valence-electron chi connectivity index (χ3n) is 8.40. The molecule has 2 aliphatic rings. The van der Waals surface area contributed by atoms with Crippen molar-refractivity contribution in [2.75, 3.05) is 84.6 Å². The van der Waals surface area contributed by atoms with Crippen molar-refractivity contribution in [3.05, 3.63) is 66.7 Å². The maximum atomic E-state index is 12.9. The van der Waals surface area contributed by atoms with Gasteiger partial charge in [-0.15, -0.1) is 37.2 Å². The molecule has 0 radical (unpaired) electrons. The van der Waals surface area contributed by atoms with E-state index in [0.29, 0.717) is 29.8 Å². The summed E-state index contributed by atoms with van der Waals surface area (Å²) in [6.45, 7) is 12.2. The summed E-state index contributed by atoms with van der Waals surface area (Å²) in [4.78, 5) is 9.84. The highest BCUT2D eigenvalue weighted by Crippen LogP contribution is 2.48. The van der Waals surface area contributed by atoms with Crippen LogP contribution in [0.3, 0.4) is 0 Å². The largest absolute Gasteiger partial charge is 0.492 e. The number of halogens is 3. The highest BCUT2D eigenvalue weighted by Gasteiger charge is 2.27. The van der Waals surface area contributed by atoms with Gasteiger partial charge in [0.15, 0.2) is 0 Å². The topological polar surface area (TPSA) is 97.8 Å². The van der Waals surface area contributed by atoms with Crippen molar-refractivity contribution in [2.45, 2.75) is 47.1 Å². The van der Waals surface area contributed by atoms with Gasteiger partial charge in [0.1, 0.15) is 30.8 Å². The Hall–Kier alpha value is -1.97. The fraction of sp³-hybridized carbons (Fsp3) is 0.486. The maximum absolute atomic E-state index is 12.9. The number of piperazine rings is 1. The minimum Gasteiger partial charge on any atom is -0.492 e. The second-order valence-electron chi connectivity index (χ2n) is 12.5. The van der Waals surface area contributed by atoms with E-state index in [4.69, 9.17) is 9.47 Å². The van der Waals surface area contributed by atoms with Crippen LogP contribution in [0.5, 0.6) is 11.5 Å². The summed E-state index contributed by atoms with van der Waals surface area (Å²) in [6, 6.07) is 21.7. The number of fused-ring (bicyclic) bond motifs is 2. The number of sulfonamides is 1. The summed E-state index contributed by atoms with van der Waals surface area (Å²) in [5.74, 6) is 1.52. The maximum Gasteiger partial charge on any atom is 0.242 e. The first-order valence-electron chi connectivity index (χ1n) is 16.4. The number of aliphatic hydroxyl groups excluding tert-OH is 1. The Kier molecular flexibility index (Phi) is 18.5. The lowest BCUT2D eigenvalue weighted by Gasteiger charge is -2.36. The molecule has 0 amide bonds. The summed E-state index contributed by atoms with van der Waals surface area (Å²) in [6.07, 6.45) is 0.419. The van der Waals surface area contributed by atoms with Crippen LogP contribution in [-0.2, 0) is 10.0 Å². The van der Waals surface area contributed by atoms with E-state index in [1.807, 2.05) is 56.3 Å². The highest BCUT2D eigenvalue weighted by molar-refractivity contribution is 7.99. The van der Waals surface area contributed by atoms with Gasteiger partial charge in [0.25, 0.3) is 0 Å². The zero-order chi connectivity index (χ0) is 33.4.